The molecule has 3 fully saturated rings. The van der Waals surface area contributed by atoms with Crippen molar-refractivity contribution in [1.29, 1.82) is 0 Å². The first-order valence-corrected chi connectivity index (χ1v) is 5.54. The molecule has 0 aromatic rings. The zero-order valence-electron chi connectivity index (χ0n) is 9.77. The molecule has 3 aliphatic rings. The van der Waals surface area contributed by atoms with E-state index in [1.54, 1.807) is 20.8 Å². The number of amides is 1. The molecule has 0 unspecified atom stereocenters. The maximum Gasteiger partial charge on any atom is 0.411 e. The normalized spacial score (nSPS) is 32.2. The van der Waals surface area contributed by atoms with Crippen LogP contribution in [0.3, 0.4) is 0 Å². The Kier molecular flexibility index (Phi) is 2.36. The molecule has 16 heavy (non-hydrogen) atoms. The first-order chi connectivity index (χ1) is 7.29. The van der Waals surface area contributed by atoms with E-state index in [1.165, 1.54) is 4.90 Å². The summed E-state index contributed by atoms with van der Waals surface area (Å²) in [6, 6.07) is -0.610. The summed E-state index contributed by atoms with van der Waals surface area (Å²) in [5, 5.41) is 9.08. The number of hydrogen-bond donors (Lipinski definition) is 1. The van der Waals surface area contributed by atoms with E-state index in [0.717, 1.165) is 12.8 Å². The molecular formula is C11H17NO4. The van der Waals surface area contributed by atoms with E-state index in [4.69, 9.17) is 9.84 Å². The van der Waals surface area contributed by atoms with Crippen molar-refractivity contribution in [2.75, 3.05) is 0 Å². The van der Waals surface area contributed by atoms with E-state index in [1.807, 2.05) is 0 Å². The van der Waals surface area contributed by atoms with Crippen molar-refractivity contribution in [1.82, 2.24) is 4.90 Å². The van der Waals surface area contributed by atoms with E-state index >= 15 is 0 Å². The summed E-state index contributed by atoms with van der Waals surface area (Å²) in [4.78, 5) is 24.3. The third kappa shape index (κ3) is 1.74. The number of nitrogens with zero attached hydrogens (tertiary/aromatic N) is 1. The van der Waals surface area contributed by atoms with Crippen LogP contribution >= 0.6 is 0 Å². The fraction of sp³-hybridized carbons (Fsp3) is 0.818. The van der Waals surface area contributed by atoms with Gasteiger partial charge in [0.25, 0.3) is 0 Å². The highest BCUT2D eigenvalue weighted by molar-refractivity contribution is 5.82. The van der Waals surface area contributed by atoms with E-state index < -0.39 is 23.7 Å². The summed E-state index contributed by atoms with van der Waals surface area (Å²) in [6.07, 6.45) is 1.11. The Morgan fingerprint density at radius 2 is 1.88 bits per heavy atom. The minimum Gasteiger partial charge on any atom is -0.480 e. The summed E-state index contributed by atoms with van der Waals surface area (Å²) in [6.45, 7) is 5.34. The van der Waals surface area contributed by atoms with Crippen molar-refractivity contribution in [2.45, 2.75) is 51.3 Å². The van der Waals surface area contributed by atoms with Gasteiger partial charge in [0.1, 0.15) is 11.6 Å². The number of carbonyl (C=O) groups excluding carboxylic acids is 1. The molecule has 0 spiro atoms. The van der Waals surface area contributed by atoms with Gasteiger partial charge >= 0.3 is 12.1 Å². The van der Waals surface area contributed by atoms with Crippen molar-refractivity contribution in [3.63, 3.8) is 0 Å². The van der Waals surface area contributed by atoms with Gasteiger partial charge in [-0.3, -0.25) is 4.90 Å². The van der Waals surface area contributed by atoms with Gasteiger partial charge in [-0.2, -0.15) is 0 Å². The van der Waals surface area contributed by atoms with Gasteiger partial charge < -0.3 is 9.84 Å². The van der Waals surface area contributed by atoms with Crippen LogP contribution in [0.2, 0.25) is 0 Å². The topological polar surface area (TPSA) is 66.8 Å². The minimum absolute atomic E-state index is 0.0703. The van der Waals surface area contributed by atoms with E-state index in [2.05, 4.69) is 0 Å². The zero-order valence-corrected chi connectivity index (χ0v) is 9.77. The second kappa shape index (κ2) is 3.37. The van der Waals surface area contributed by atoms with Crippen LogP contribution in [0.4, 0.5) is 4.79 Å². The molecule has 1 amide bonds. The Bertz CT molecular complexity index is 327. The minimum atomic E-state index is -0.921. The number of ether oxygens (including phenoxy) is 1. The van der Waals surface area contributed by atoms with Crippen molar-refractivity contribution in [2.24, 2.45) is 5.92 Å². The van der Waals surface area contributed by atoms with Crippen LogP contribution in [0, 0.1) is 5.92 Å². The van der Waals surface area contributed by atoms with Gasteiger partial charge in [-0.15, -0.1) is 0 Å². The molecule has 5 nitrogen and oxygen atoms in total. The molecule has 1 atom stereocenters. The SMILES string of the molecule is CC(C)(C)OC(=O)N1C2CC(C2)[C@H]1C(=O)O. The van der Waals surface area contributed by atoms with Crippen LogP contribution in [0.5, 0.6) is 0 Å². The summed E-state index contributed by atoms with van der Waals surface area (Å²) >= 11 is 0. The highest BCUT2D eigenvalue weighted by Gasteiger charge is 2.56. The lowest BCUT2D eigenvalue weighted by Crippen LogP contribution is -2.44. The highest BCUT2D eigenvalue weighted by Crippen LogP contribution is 2.46. The summed E-state index contributed by atoms with van der Waals surface area (Å²) < 4.78 is 5.22. The van der Waals surface area contributed by atoms with Gasteiger partial charge in [-0.25, -0.2) is 9.59 Å². The molecule has 0 aromatic carbocycles. The molecule has 2 saturated heterocycles. The molecule has 1 N–H and O–H groups in total. The average molecular weight is 227 g/mol. The predicted octanol–water partition coefficient (Wildman–Crippen LogP) is 1.47. The molecule has 3 rings (SSSR count). The lowest BCUT2D eigenvalue weighted by Gasteiger charge is -2.28. The molecule has 2 aliphatic heterocycles. The third-order valence-corrected chi connectivity index (χ3v) is 3.15. The molecule has 2 heterocycles. The van der Waals surface area contributed by atoms with Gasteiger partial charge in [0.05, 0.1) is 0 Å². The Morgan fingerprint density at radius 3 is 2.31 bits per heavy atom. The molecule has 1 saturated carbocycles. The summed E-state index contributed by atoms with van der Waals surface area (Å²) in [5.74, 6) is -0.800. The largest absolute Gasteiger partial charge is 0.480 e. The van der Waals surface area contributed by atoms with E-state index in [9.17, 15) is 9.59 Å². The Hall–Kier alpha value is -1.26. The van der Waals surface area contributed by atoms with Crippen molar-refractivity contribution in [3.05, 3.63) is 0 Å². The first-order valence-electron chi connectivity index (χ1n) is 5.54. The van der Waals surface area contributed by atoms with Gasteiger partial charge in [0.15, 0.2) is 0 Å². The molecule has 2 bridgehead atoms. The smallest absolute Gasteiger partial charge is 0.411 e. The molecule has 0 radical (unpaired) electrons. The number of rotatable bonds is 1. The lowest BCUT2D eigenvalue weighted by atomic mass is 9.83. The number of carbonyl (C=O) groups is 2. The molecule has 90 valence electrons. The number of carboxylic acid groups (broad SMARTS) is 1. The van der Waals surface area contributed by atoms with Gasteiger partial charge in [-0.1, -0.05) is 0 Å². The predicted molar refractivity (Wildman–Crippen MR) is 56.0 cm³/mol. The number of fused-ring (bicyclic) bond motifs is 1. The maximum atomic E-state index is 11.9. The zero-order chi connectivity index (χ0) is 12.1. The Balaban J connectivity index is 2.09. The van der Waals surface area contributed by atoms with Crippen molar-refractivity contribution >= 4 is 12.1 Å². The van der Waals surface area contributed by atoms with Crippen LogP contribution in [0.1, 0.15) is 33.6 Å². The molecule has 1 aliphatic carbocycles. The van der Waals surface area contributed by atoms with Gasteiger partial charge in [-0.05, 0) is 39.5 Å². The fourth-order valence-corrected chi connectivity index (χ4v) is 2.47. The van der Waals surface area contributed by atoms with Crippen molar-refractivity contribution < 1.29 is 19.4 Å². The number of carboxylic acids is 1. The number of hydrogen-bond acceptors (Lipinski definition) is 3. The molecule has 5 heteroatoms. The monoisotopic (exact) mass is 227 g/mol. The fourth-order valence-electron chi connectivity index (χ4n) is 2.47. The molecular weight excluding hydrogens is 210 g/mol. The lowest BCUT2D eigenvalue weighted by molar-refractivity contribution is -0.142. The maximum absolute atomic E-state index is 11.9. The summed E-state index contributed by atoms with van der Waals surface area (Å²) in [7, 11) is 0. The van der Waals surface area contributed by atoms with Gasteiger partial charge in [0.2, 0.25) is 0 Å². The Morgan fingerprint density at radius 1 is 1.31 bits per heavy atom. The van der Waals surface area contributed by atoms with Crippen LogP contribution in [-0.2, 0) is 9.53 Å². The van der Waals surface area contributed by atoms with Crippen LogP contribution < -0.4 is 0 Å². The highest BCUT2D eigenvalue weighted by atomic mass is 16.6. The van der Waals surface area contributed by atoms with E-state index in [0.29, 0.717) is 0 Å². The van der Waals surface area contributed by atoms with Crippen LogP contribution in [-0.4, -0.2) is 39.8 Å². The van der Waals surface area contributed by atoms with Crippen LogP contribution in [0.15, 0.2) is 0 Å². The second-order valence-corrected chi connectivity index (χ2v) is 5.56. The average Bonchev–Trinajstić information content (AvgIpc) is 2.50. The van der Waals surface area contributed by atoms with Gasteiger partial charge in [0, 0.05) is 6.04 Å². The second-order valence-electron chi connectivity index (χ2n) is 5.56. The first kappa shape index (κ1) is 11.2. The summed E-state index contributed by atoms with van der Waals surface area (Å²) in [5.41, 5.74) is -0.576. The number of aliphatic carboxylic acids is 1. The Labute approximate surface area is 94.4 Å². The third-order valence-electron chi connectivity index (χ3n) is 3.15. The van der Waals surface area contributed by atoms with E-state index in [-0.39, 0.29) is 12.0 Å². The van der Waals surface area contributed by atoms with Crippen LogP contribution in [0.25, 0.3) is 0 Å². The molecule has 0 aromatic heterocycles. The quantitative estimate of drug-likeness (QED) is 0.736. The van der Waals surface area contributed by atoms with Crippen molar-refractivity contribution in [3.8, 4) is 0 Å². The standard InChI is InChI=1S/C11H17NO4/c1-11(2,3)16-10(15)12-7-4-6(5-7)8(12)9(13)14/h6-8H,4-5H2,1-3H3,(H,13,14)/t6?,7?,8-/m0/s1.